The number of carbonyl (C=O) groups excluding carboxylic acids is 2. The first-order valence-corrected chi connectivity index (χ1v) is 16.9. The SMILES string of the molecule is COc1ccc(S(=O)(=O)N(CC(=O)N(Cc2ccccc2Cl)[C@H](C)C(=O)NC2CCCCC2)c2ccc(C)cc2)cc1Br. The van der Waals surface area contributed by atoms with Crippen LogP contribution in [0.25, 0.3) is 0 Å². The molecular formula is C32H37BrClN3O5S. The molecule has 0 bridgehead atoms. The van der Waals surface area contributed by atoms with Crippen LogP contribution in [0.15, 0.2) is 76.1 Å². The smallest absolute Gasteiger partial charge is 0.264 e. The van der Waals surface area contributed by atoms with E-state index in [1.54, 1.807) is 61.5 Å². The molecule has 8 nitrogen and oxygen atoms in total. The van der Waals surface area contributed by atoms with Gasteiger partial charge < -0.3 is 15.0 Å². The molecule has 0 aliphatic heterocycles. The number of aryl methyl sites for hydroxylation is 1. The highest BCUT2D eigenvalue weighted by atomic mass is 79.9. The van der Waals surface area contributed by atoms with Gasteiger partial charge in [-0.15, -0.1) is 0 Å². The van der Waals surface area contributed by atoms with Gasteiger partial charge in [-0.3, -0.25) is 13.9 Å². The summed E-state index contributed by atoms with van der Waals surface area (Å²) in [4.78, 5) is 29.0. The van der Waals surface area contributed by atoms with Crippen molar-refractivity contribution < 1.29 is 22.7 Å². The third-order valence-electron chi connectivity index (χ3n) is 7.73. The fourth-order valence-corrected chi connectivity index (χ4v) is 7.46. The molecule has 1 aliphatic carbocycles. The summed E-state index contributed by atoms with van der Waals surface area (Å²) in [6, 6.07) is 17.6. The first kappa shape index (κ1) is 32.8. The number of ether oxygens (including phenoxy) is 1. The van der Waals surface area contributed by atoms with Crippen LogP contribution in [-0.2, 0) is 26.2 Å². The molecule has 230 valence electrons. The summed E-state index contributed by atoms with van der Waals surface area (Å²) < 4.78 is 35.0. The second-order valence-electron chi connectivity index (χ2n) is 10.8. The molecule has 2 amide bonds. The minimum Gasteiger partial charge on any atom is -0.496 e. The van der Waals surface area contributed by atoms with Crippen LogP contribution in [0, 0.1) is 6.92 Å². The molecule has 1 N–H and O–H groups in total. The van der Waals surface area contributed by atoms with Crippen molar-refractivity contribution in [3.8, 4) is 5.75 Å². The zero-order chi connectivity index (χ0) is 31.1. The van der Waals surface area contributed by atoms with Gasteiger partial charge in [0, 0.05) is 17.6 Å². The molecule has 4 rings (SSSR count). The number of methoxy groups -OCH3 is 1. The Morgan fingerprint density at radius 3 is 2.35 bits per heavy atom. The van der Waals surface area contributed by atoms with Crippen LogP contribution in [0.4, 0.5) is 5.69 Å². The Morgan fingerprint density at radius 1 is 1.05 bits per heavy atom. The summed E-state index contributed by atoms with van der Waals surface area (Å²) in [5.74, 6) is -0.347. The summed E-state index contributed by atoms with van der Waals surface area (Å²) in [5, 5.41) is 3.55. The van der Waals surface area contributed by atoms with Gasteiger partial charge in [0.25, 0.3) is 10.0 Å². The third kappa shape index (κ3) is 8.10. The van der Waals surface area contributed by atoms with E-state index in [-0.39, 0.29) is 23.4 Å². The van der Waals surface area contributed by atoms with Crippen LogP contribution in [0.1, 0.15) is 50.2 Å². The highest BCUT2D eigenvalue weighted by Gasteiger charge is 2.33. The lowest BCUT2D eigenvalue weighted by molar-refractivity contribution is -0.139. The Morgan fingerprint density at radius 2 is 1.72 bits per heavy atom. The van der Waals surface area contributed by atoms with Gasteiger partial charge in [-0.2, -0.15) is 0 Å². The Balaban J connectivity index is 1.70. The fraction of sp³-hybridized carbons (Fsp3) is 0.375. The van der Waals surface area contributed by atoms with Crippen molar-refractivity contribution in [2.45, 2.75) is 69.5 Å². The van der Waals surface area contributed by atoms with Crippen molar-refractivity contribution >= 4 is 55.1 Å². The maximum absolute atomic E-state index is 14.2. The lowest BCUT2D eigenvalue weighted by atomic mass is 9.95. The maximum Gasteiger partial charge on any atom is 0.264 e. The quantitative estimate of drug-likeness (QED) is 0.249. The van der Waals surface area contributed by atoms with Crippen molar-refractivity contribution in [3.05, 3.63) is 87.4 Å². The first-order valence-electron chi connectivity index (χ1n) is 14.3. The first-order chi connectivity index (χ1) is 20.5. The zero-order valence-electron chi connectivity index (χ0n) is 24.6. The van der Waals surface area contributed by atoms with Gasteiger partial charge in [0.15, 0.2) is 0 Å². The second kappa shape index (κ2) is 14.6. The van der Waals surface area contributed by atoms with E-state index in [1.165, 1.54) is 24.1 Å². The normalized spacial score (nSPS) is 14.5. The number of hydrogen-bond acceptors (Lipinski definition) is 5. The van der Waals surface area contributed by atoms with Crippen molar-refractivity contribution in [1.82, 2.24) is 10.2 Å². The van der Waals surface area contributed by atoms with Crippen LogP contribution in [0.3, 0.4) is 0 Å². The van der Waals surface area contributed by atoms with Crippen molar-refractivity contribution in [3.63, 3.8) is 0 Å². The van der Waals surface area contributed by atoms with Crippen molar-refractivity contribution in [1.29, 1.82) is 0 Å². The largest absolute Gasteiger partial charge is 0.496 e. The molecule has 1 saturated carbocycles. The average molecular weight is 691 g/mol. The summed E-state index contributed by atoms with van der Waals surface area (Å²) in [6.07, 6.45) is 5.04. The number of rotatable bonds is 11. The van der Waals surface area contributed by atoms with E-state index in [0.717, 1.165) is 42.0 Å². The molecule has 43 heavy (non-hydrogen) atoms. The van der Waals surface area contributed by atoms with E-state index >= 15 is 0 Å². The maximum atomic E-state index is 14.2. The minimum absolute atomic E-state index is 0.0192. The molecule has 0 saturated heterocycles. The number of nitrogens with zero attached hydrogens (tertiary/aromatic N) is 2. The summed E-state index contributed by atoms with van der Waals surface area (Å²) in [5.41, 5.74) is 1.91. The van der Waals surface area contributed by atoms with E-state index in [1.807, 2.05) is 6.92 Å². The number of carbonyl (C=O) groups is 2. The van der Waals surface area contributed by atoms with Crippen molar-refractivity contribution in [2.75, 3.05) is 18.0 Å². The van der Waals surface area contributed by atoms with Gasteiger partial charge in [-0.25, -0.2) is 8.42 Å². The molecule has 0 aromatic heterocycles. The topological polar surface area (TPSA) is 96.0 Å². The van der Waals surface area contributed by atoms with Gasteiger partial charge >= 0.3 is 0 Å². The molecule has 1 fully saturated rings. The summed E-state index contributed by atoms with van der Waals surface area (Å²) in [7, 11) is -2.73. The van der Waals surface area contributed by atoms with E-state index in [4.69, 9.17) is 16.3 Å². The highest BCUT2D eigenvalue weighted by Crippen LogP contribution is 2.31. The van der Waals surface area contributed by atoms with Crippen LogP contribution >= 0.6 is 27.5 Å². The molecule has 3 aromatic carbocycles. The molecular weight excluding hydrogens is 654 g/mol. The van der Waals surface area contributed by atoms with Gasteiger partial charge in [0.1, 0.15) is 18.3 Å². The minimum atomic E-state index is -4.22. The van der Waals surface area contributed by atoms with Crippen LogP contribution in [-0.4, -0.2) is 50.9 Å². The number of halogens is 2. The Labute approximate surface area is 267 Å². The van der Waals surface area contributed by atoms with Gasteiger partial charge in [0.2, 0.25) is 11.8 Å². The van der Waals surface area contributed by atoms with Gasteiger partial charge in [-0.1, -0.05) is 66.8 Å². The van der Waals surface area contributed by atoms with Crippen LogP contribution in [0.5, 0.6) is 5.75 Å². The standard InChI is InChI=1S/C32H37BrClN3O5S/c1-22-13-15-26(16-14-22)37(43(40,41)27-17-18-30(42-3)28(33)19-27)21-31(38)36(20-24-9-7-8-12-29(24)34)23(2)32(39)35-25-10-5-4-6-11-25/h7-9,12-19,23,25H,4-6,10-11,20-21H2,1-3H3,(H,35,39)/t23-/m1/s1. The molecule has 1 aliphatic rings. The van der Waals surface area contributed by atoms with E-state index in [9.17, 15) is 18.0 Å². The second-order valence-corrected chi connectivity index (χ2v) is 13.9. The molecule has 0 spiro atoms. The number of hydrogen-bond donors (Lipinski definition) is 1. The van der Waals surface area contributed by atoms with Crippen molar-refractivity contribution in [2.24, 2.45) is 0 Å². The fourth-order valence-electron chi connectivity index (χ4n) is 5.14. The van der Waals surface area contributed by atoms with Gasteiger partial charge in [0.05, 0.1) is 22.2 Å². The predicted molar refractivity (Wildman–Crippen MR) is 173 cm³/mol. The average Bonchev–Trinajstić information content (AvgIpc) is 3.00. The lowest BCUT2D eigenvalue weighted by Crippen LogP contribution is -2.53. The van der Waals surface area contributed by atoms with Crippen LogP contribution < -0.4 is 14.4 Å². The molecule has 1 atom stereocenters. The molecule has 3 aromatic rings. The molecule has 0 unspecified atom stereocenters. The van der Waals surface area contributed by atoms with E-state index < -0.39 is 28.5 Å². The molecule has 0 heterocycles. The lowest BCUT2D eigenvalue weighted by Gasteiger charge is -2.33. The number of benzene rings is 3. The number of amides is 2. The number of sulfonamides is 1. The Kier molecular flexibility index (Phi) is 11.1. The van der Waals surface area contributed by atoms with E-state index in [2.05, 4.69) is 21.2 Å². The monoisotopic (exact) mass is 689 g/mol. The Bertz CT molecular complexity index is 1540. The van der Waals surface area contributed by atoms with Crippen LogP contribution in [0.2, 0.25) is 5.02 Å². The highest BCUT2D eigenvalue weighted by molar-refractivity contribution is 9.10. The summed E-state index contributed by atoms with van der Waals surface area (Å²) in [6.45, 7) is 3.07. The third-order valence-corrected chi connectivity index (χ3v) is 10.5. The number of anilines is 1. The molecule has 11 heteroatoms. The predicted octanol–water partition coefficient (Wildman–Crippen LogP) is 6.48. The number of nitrogens with one attached hydrogen (secondary N) is 1. The summed E-state index contributed by atoms with van der Waals surface area (Å²) >= 11 is 9.83. The van der Waals surface area contributed by atoms with Gasteiger partial charge in [-0.05, 0) is 84.6 Å². The van der Waals surface area contributed by atoms with E-state index in [0.29, 0.717) is 26.5 Å². The Hall–Kier alpha value is -3.08. The molecule has 0 radical (unpaired) electrons. The zero-order valence-corrected chi connectivity index (χ0v) is 27.7.